The Balaban J connectivity index is 1.51. The van der Waals surface area contributed by atoms with Crippen molar-refractivity contribution in [1.29, 1.82) is 0 Å². The number of carbonyl (C=O) groups excluding carboxylic acids is 1. The fourth-order valence-corrected chi connectivity index (χ4v) is 3.44. The van der Waals surface area contributed by atoms with E-state index in [1.165, 1.54) is 44.9 Å². The van der Waals surface area contributed by atoms with Crippen LogP contribution in [0.4, 0.5) is 0 Å². The normalized spacial score (nSPS) is 24.4. The second kappa shape index (κ2) is 7.28. The molecule has 19 heavy (non-hydrogen) atoms. The average Bonchev–Trinajstić information content (AvgIpc) is 3.12. The second-order valence-corrected chi connectivity index (χ2v) is 6.43. The molecular weight excluding hydrogens is 236 g/mol. The lowest BCUT2D eigenvalue weighted by Crippen LogP contribution is -2.34. The molecule has 1 saturated carbocycles. The molecule has 2 aliphatic rings. The number of hydrogen-bond donors (Lipinski definition) is 2. The highest BCUT2D eigenvalue weighted by molar-refractivity contribution is 5.82. The van der Waals surface area contributed by atoms with Crippen molar-refractivity contribution in [3.8, 4) is 0 Å². The van der Waals surface area contributed by atoms with E-state index in [0.717, 1.165) is 32.5 Å². The van der Waals surface area contributed by atoms with E-state index >= 15 is 0 Å². The molecule has 1 spiro atoms. The Morgan fingerprint density at radius 2 is 1.84 bits per heavy atom. The van der Waals surface area contributed by atoms with Gasteiger partial charge in [0.05, 0.1) is 0 Å². The third kappa shape index (κ3) is 4.20. The van der Waals surface area contributed by atoms with Gasteiger partial charge in [-0.3, -0.25) is 4.79 Å². The molecule has 3 nitrogen and oxygen atoms in total. The number of unbranched alkanes of at least 4 members (excludes halogenated alkanes) is 5. The summed E-state index contributed by atoms with van der Waals surface area (Å²) in [5.41, 5.74) is 0.385. The molecule has 2 rings (SSSR count). The predicted molar refractivity (Wildman–Crippen MR) is 79.0 cm³/mol. The fraction of sp³-hybridized carbons (Fsp3) is 0.938. The Labute approximate surface area is 117 Å². The first kappa shape index (κ1) is 14.8. The van der Waals surface area contributed by atoms with Crippen molar-refractivity contribution in [1.82, 2.24) is 10.6 Å². The molecule has 0 radical (unpaired) electrons. The van der Waals surface area contributed by atoms with Crippen LogP contribution in [-0.4, -0.2) is 25.5 Å². The molecule has 0 bridgehead atoms. The summed E-state index contributed by atoms with van der Waals surface area (Å²) in [4.78, 5) is 12.1. The maximum absolute atomic E-state index is 12.1. The molecule has 1 heterocycles. The van der Waals surface area contributed by atoms with E-state index in [4.69, 9.17) is 0 Å². The fourth-order valence-electron chi connectivity index (χ4n) is 3.44. The van der Waals surface area contributed by atoms with Gasteiger partial charge in [0.25, 0.3) is 0 Å². The van der Waals surface area contributed by atoms with Crippen molar-refractivity contribution < 1.29 is 4.79 Å². The molecule has 1 atom stereocenters. The van der Waals surface area contributed by atoms with Crippen molar-refractivity contribution >= 4 is 5.91 Å². The average molecular weight is 266 g/mol. The monoisotopic (exact) mass is 266 g/mol. The van der Waals surface area contributed by atoms with Crippen LogP contribution >= 0.6 is 0 Å². The van der Waals surface area contributed by atoms with Crippen molar-refractivity contribution in [2.45, 2.75) is 64.7 Å². The number of nitrogens with one attached hydrogen (secondary N) is 2. The second-order valence-electron chi connectivity index (χ2n) is 6.43. The van der Waals surface area contributed by atoms with Crippen LogP contribution in [0.2, 0.25) is 0 Å². The van der Waals surface area contributed by atoms with Gasteiger partial charge >= 0.3 is 0 Å². The third-order valence-electron chi connectivity index (χ3n) is 4.94. The smallest absolute Gasteiger partial charge is 0.223 e. The Morgan fingerprint density at radius 1 is 1.16 bits per heavy atom. The standard InChI is InChI=1S/C16H30N2O/c1-2-3-4-5-6-7-10-18-15(19)14-13-16(14)8-11-17-12-9-16/h14,17H,2-13H2,1H3,(H,18,19). The number of hydrogen-bond acceptors (Lipinski definition) is 2. The van der Waals surface area contributed by atoms with E-state index in [2.05, 4.69) is 17.6 Å². The van der Waals surface area contributed by atoms with Crippen LogP contribution in [0.3, 0.4) is 0 Å². The Kier molecular flexibility index (Phi) is 5.68. The van der Waals surface area contributed by atoms with Crippen LogP contribution in [-0.2, 0) is 4.79 Å². The van der Waals surface area contributed by atoms with Gasteiger partial charge in [-0.05, 0) is 44.2 Å². The van der Waals surface area contributed by atoms with Gasteiger partial charge in [-0.1, -0.05) is 39.0 Å². The van der Waals surface area contributed by atoms with E-state index in [0.29, 0.717) is 17.2 Å². The maximum Gasteiger partial charge on any atom is 0.223 e. The topological polar surface area (TPSA) is 41.1 Å². The van der Waals surface area contributed by atoms with Crippen molar-refractivity contribution in [3.63, 3.8) is 0 Å². The summed E-state index contributed by atoms with van der Waals surface area (Å²) < 4.78 is 0. The SMILES string of the molecule is CCCCCCCCNC(=O)C1CC12CCNCC2. The summed E-state index contributed by atoms with van der Waals surface area (Å²) in [5.74, 6) is 0.658. The summed E-state index contributed by atoms with van der Waals surface area (Å²) in [5, 5.41) is 6.53. The van der Waals surface area contributed by atoms with Crippen molar-refractivity contribution in [2.75, 3.05) is 19.6 Å². The minimum absolute atomic E-state index is 0.328. The van der Waals surface area contributed by atoms with Crippen LogP contribution < -0.4 is 10.6 Å². The minimum atomic E-state index is 0.328. The highest BCUT2D eigenvalue weighted by atomic mass is 16.2. The first-order valence-electron chi connectivity index (χ1n) is 8.27. The molecule has 110 valence electrons. The van der Waals surface area contributed by atoms with E-state index in [1.54, 1.807) is 0 Å². The molecule has 1 unspecified atom stereocenters. The van der Waals surface area contributed by atoms with E-state index in [-0.39, 0.29) is 0 Å². The minimum Gasteiger partial charge on any atom is -0.356 e. The van der Waals surface area contributed by atoms with E-state index < -0.39 is 0 Å². The molecule has 0 aromatic rings. The predicted octanol–water partition coefficient (Wildman–Crippen LogP) is 2.85. The highest BCUT2D eigenvalue weighted by Crippen LogP contribution is 2.58. The highest BCUT2D eigenvalue weighted by Gasteiger charge is 2.57. The van der Waals surface area contributed by atoms with Gasteiger partial charge in [0.15, 0.2) is 0 Å². The Bertz CT molecular complexity index is 284. The van der Waals surface area contributed by atoms with Crippen molar-refractivity contribution in [3.05, 3.63) is 0 Å². The lowest BCUT2D eigenvalue weighted by Gasteiger charge is -2.23. The summed E-state index contributed by atoms with van der Waals surface area (Å²) in [6.07, 6.45) is 11.3. The first-order valence-corrected chi connectivity index (χ1v) is 8.27. The van der Waals surface area contributed by atoms with Crippen LogP contribution in [0.1, 0.15) is 64.7 Å². The Hall–Kier alpha value is -0.570. The quantitative estimate of drug-likeness (QED) is 0.663. The number of carbonyl (C=O) groups is 1. The summed E-state index contributed by atoms with van der Waals surface area (Å²) >= 11 is 0. The molecule has 1 saturated heterocycles. The van der Waals surface area contributed by atoms with Gasteiger partial charge in [-0.25, -0.2) is 0 Å². The van der Waals surface area contributed by atoms with Gasteiger partial charge < -0.3 is 10.6 Å². The molecule has 1 amide bonds. The molecular formula is C16H30N2O. The summed E-state index contributed by atoms with van der Waals surface area (Å²) in [7, 11) is 0. The van der Waals surface area contributed by atoms with Gasteiger partial charge in [0, 0.05) is 12.5 Å². The number of rotatable bonds is 8. The third-order valence-corrected chi connectivity index (χ3v) is 4.94. The molecule has 1 aliphatic heterocycles. The molecule has 1 aliphatic carbocycles. The van der Waals surface area contributed by atoms with Gasteiger partial charge in [-0.2, -0.15) is 0 Å². The number of amides is 1. The lowest BCUT2D eigenvalue weighted by atomic mass is 9.92. The zero-order valence-electron chi connectivity index (χ0n) is 12.5. The molecule has 3 heteroatoms. The molecule has 0 aromatic heterocycles. The lowest BCUT2D eigenvalue weighted by molar-refractivity contribution is -0.123. The first-order chi connectivity index (χ1) is 9.28. The van der Waals surface area contributed by atoms with Crippen molar-refractivity contribution in [2.24, 2.45) is 11.3 Å². The van der Waals surface area contributed by atoms with Gasteiger partial charge in [0.2, 0.25) is 5.91 Å². The molecule has 2 fully saturated rings. The largest absolute Gasteiger partial charge is 0.356 e. The Morgan fingerprint density at radius 3 is 2.58 bits per heavy atom. The van der Waals surface area contributed by atoms with Gasteiger partial charge in [0.1, 0.15) is 0 Å². The van der Waals surface area contributed by atoms with Crippen LogP contribution in [0.25, 0.3) is 0 Å². The summed E-state index contributed by atoms with van der Waals surface area (Å²) in [6.45, 7) is 5.32. The van der Waals surface area contributed by atoms with E-state index in [1.807, 2.05) is 0 Å². The van der Waals surface area contributed by atoms with E-state index in [9.17, 15) is 4.79 Å². The maximum atomic E-state index is 12.1. The zero-order chi connectivity index (χ0) is 13.6. The molecule has 2 N–H and O–H groups in total. The van der Waals surface area contributed by atoms with Gasteiger partial charge in [-0.15, -0.1) is 0 Å². The summed E-state index contributed by atoms with van der Waals surface area (Å²) in [6, 6.07) is 0. The van der Waals surface area contributed by atoms with Crippen LogP contribution in [0.5, 0.6) is 0 Å². The van der Waals surface area contributed by atoms with Crippen LogP contribution in [0.15, 0.2) is 0 Å². The zero-order valence-corrected chi connectivity index (χ0v) is 12.5. The van der Waals surface area contributed by atoms with Crippen LogP contribution in [0, 0.1) is 11.3 Å². The molecule has 0 aromatic carbocycles. The number of piperidine rings is 1.